The topological polar surface area (TPSA) is 236 Å². The van der Waals surface area contributed by atoms with Crippen LogP contribution in [-0.4, -0.2) is 0 Å². The van der Waals surface area contributed by atoms with Crippen molar-refractivity contribution < 1.29 is 123 Å². The summed E-state index contributed by atoms with van der Waals surface area (Å²) in [4.78, 5) is 43.5. The van der Waals surface area contributed by atoms with Gasteiger partial charge in [0.25, 0.3) is 0 Å². The van der Waals surface area contributed by atoms with Gasteiger partial charge >= 0.3 is 103 Å². The van der Waals surface area contributed by atoms with E-state index in [1.54, 1.807) is 0 Å². The van der Waals surface area contributed by atoms with Crippen LogP contribution in [0.3, 0.4) is 0 Å². The minimum atomic E-state index is 0. The summed E-state index contributed by atoms with van der Waals surface area (Å²) in [6, 6.07) is 0. The van der Waals surface area contributed by atoms with Crippen LogP contribution >= 0.6 is 0 Å². The normalized spacial score (nSPS) is 1.60. The third kappa shape index (κ3) is 1230. The van der Waals surface area contributed by atoms with E-state index in [1.165, 1.54) is 0 Å². The molecule has 0 atom stereocenters. The maximum atomic E-state index is 7.25. The maximum Gasteiger partial charge on any atom is 1.00 e. The van der Waals surface area contributed by atoms with Gasteiger partial charge in [-0.25, -0.2) is 0 Å². The predicted molar refractivity (Wildman–Crippen MR) is 40.4 cm³/mol. The van der Waals surface area contributed by atoms with Gasteiger partial charge in [-0.2, -0.15) is 0 Å². The van der Waals surface area contributed by atoms with Crippen molar-refractivity contribution in [2.45, 2.75) is 0 Å². The number of nitroso groups, excluding NO2 is 6. The van der Waals surface area contributed by atoms with Crippen LogP contribution in [0.2, 0.25) is 0 Å². The zero-order valence-corrected chi connectivity index (χ0v) is 16.1. The van der Waals surface area contributed by atoms with Crippen LogP contribution in [-0.2, 0) is 20.1 Å². The molecule has 0 saturated heterocycles. The standard InChI is InChI=1S/Ir.2K.6NO/c;;;6*1-2/q;2*+1;6*-1. The molecular weight excluding hydrogens is 450 g/mol. The summed E-state index contributed by atoms with van der Waals surface area (Å²) in [5.41, 5.74) is 34.5. The van der Waals surface area contributed by atoms with Gasteiger partial charge in [0, 0.05) is 20.1 Å². The molecule has 0 fully saturated rings. The molecular formula is IrK2N6O6-4. The molecule has 81 valence electrons. The zero-order chi connectivity index (χ0) is 12.0. The van der Waals surface area contributed by atoms with Crippen molar-refractivity contribution in [1.82, 2.24) is 0 Å². The molecule has 0 aromatic carbocycles. The molecule has 1 radical (unpaired) electrons. The fourth-order valence-corrected chi connectivity index (χ4v) is 0. The summed E-state index contributed by atoms with van der Waals surface area (Å²) in [7, 11) is 0. The van der Waals surface area contributed by atoms with Crippen molar-refractivity contribution in [3.63, 3.8) is 0 Å². The first-order valence-corrected chi connectivity index (χ1v) is 1.10. The number of hydrogen-bond acceptors (Lipinski definition) is 6. The van der Waals surface area contributed by atoms with Crippen LogP contribution in [0.1, 0.15) is 0 Å². The Hall–Kier alpha value is 1.52. The molecule has 0 heterocycles. The second kappa shape index (κ2) is 1410. The summed E-state index contributed by atoms with van der Waals surface area (Å²) < 4.78 is 0. The van der Waals surface area contributed by atoms with Gasteiger partial charge in [0.1, 0.15) is 0 Å². The Bertz CT molecular complexity index is 41.1. The van der Waals surface area contributed by atoms with Gasteiger partial charge in [0.15, 0.2) is 0 Å². The molecule has 0 aliphatic carbocycles. The quantitative estimate of drug-likeness (QED) is 0.332. The minimum absolute atomic E-state index is 0. The van der Waals surface area contributed by atoms with Gasteiger partial charge in [0.05, 0.1) is 0 Å². The molecule has 12 nitrogen and oxygen atoms in total. The third-order valence-electron chi connectivity index (χ3n) is 0. The number of nitrogens with zero attached hydrogens (tertiary/aromatic N) is 6. The molecule has 0 rings (SSSR count). The molecule has 0 N–H and O–H groups in total. The predicted octanol–water partition coefficient (Wildman–Crippen LogP) is -4.06. The van der Waals surface area contributed by atoms with Crippen molar-refractivity contribution in [3.8, 4) is 0 Å². The SMILES string of the molecule is [Ir].[K+].[K+].[N-]=O.[N-]=O.[N-]=O.[N-]=O.[N-]=O.[N-]=O. The Labute approximate surface area is 182 Å². The van der Waals surface area contributed by atoms with Crippen LogP contribution in [0.5, 0.6) is 0 Å². The molecule has 0 aliphatic heterocycles. The summed E-state index contributed by atoms with van der Waals surface area (Å²) in [6.07, 6.45) is 0. The molecule has 0 saturated carbocycles. The second-order valence-corrected chi connectivity index (χ2v) is 0. The molecule has 0 bridgehead atoms. The molecule has 0 amide bonds. The largest absolute Gasteiger partial charge is 1.00 e. The van der Waals surface area contributed by atoms with E-state index in [-0.39, 0.29) is 123 Å². The van der Waals surface area contributed by atoms with E-state index in [2.05, 4.69) is 0 Å². The van der Waals surface area contributed by atoms with Gasteiger partial charge in [-0.3, -0.25) is 0 Å². The van der Waals surface area contributed by atoms with Crippen LogP contribution in [0, 0.1) is 29.4 Å². The van der Waals surface area contributed by atoms with Gasteiger partial charge in [0.2, 0.25) is 0 Å². The third-order valence-corrected chi connectivity index (χ3v) is 0. The number of rotatable bonds is 0. The van der Waals surface area contributed by atoms with E-state index in [0.29, 0.717) is 0 Å². The molecule has 0 aromatic rings. The summed E-state index contributed by atoms with van der Waals surface area (Å²) >= 11 is 0. The van der Waals surface area contributed by atoms with Crippen molar-refractivity contribution >= 4 is 0 Å². The van der Waals surface area contributed by atoms with Crippen molar-refractivity contribution in [2.24, 2.45) is 0 Å². The van der Waals surface area contributed by atoms with E-state index < -0.39 is 0 Å². The Morgan fingerprint density at radius 3 is 0.333 bits per heavy atom. The fraction of sp³-hybridized carbons (Fsp3) is 0. The van der Waals surface area contributed by atoms with E-state index in [1.807, 2.05) is 0 Å². The molecule has 0 spiro atoms. The van der Waals surface area contributed by atoms with Crippen molar-refractivity contribution in [3.05, 3.63) is 63.0 Å². The molecule has 15 heteroatoms. The zero-order valence-electron chi connectivity index (χ0n) is 7.47. The maximum absolute atomic E-state index is 7.25. The van der Waals surface area contributed by atoms with E-state index in [0.717, 1.165) is 0 Å². The molecule has 0 unspecified atom stereocenters. The smallest absolute Gasteiger partial charge is 0.577 e. The van der Waals surface area contributed by atoms with E-state index in [9.17, 15) is 0 Å². The van der Waals surface area contributed by atoms with Crippen LogP contribution in [0.15, 0.2) is 0 Å². The Morgan fingerprint density at radius 1 is 0.333 bits per heavy atom. The van der Waals surface area contributed by atoms with Crippen LogP contribution in [0.4, 0.5) is 0 Å². The average Bonchev–Trinajstić information content (AvgIpc) is 2.33. The Kier molecular flexibility index (Phi) is 6630. The number of hydrogen-bond donors (Lipinski definition) is 0. The monoisotopic (exact) mass is 451 g/mol. The second-order valence-electron chi connectivity index (χ2n) is 0. The van der Waals surface area contributed by atoms with Crippen molar-refractivity contribution in [1.29, 1.82) is 0 Å². The Balaban J connectivity index is -0.00000000396. The van der Waals surface area contributed by atoms with Crippen LogP contribution in [0.25, 0.3) is 33.6 Å². The first kappa shape index (κ1) is 70.4. The van der Waals surface area contributed by atoms with Crippen LogP contribution < -0.4 is 103 Å². The van der Waals surface area contributed by atoms with E-state index in [4.69, 9.17) is 63.0 Å². The van der Waals surface area contributed by atoms with Gasteiger partial charge in [-0.05, 0) is 0 Å². The summed E-state index contributed by atoms with van der Waals surface area (Å²) in [6.45, 7) is 0. The molecule has 0 aromatic heterocycles. The van der Waals surface area contributed by atoms with E-state index >= 15 is 0 Å². The fourth-order valence-electron chi connectivity index (χ4n) is 0. The van der Waals surface area contributed by atoms with Gasteiger partial charge < -0.3 is 63.0 Å². The van der Waals surface area contributed by atoms with Crippen molar-refractivity contribution in [2.75, 3.05) is 0 Å². The summed E-state index contributed by atoms with van der Waals surface area (Å²) in [5.74, 6) is 0. The Morgan fingerprint density at radius 2 is 0.333 bits per heavy atom. The first-order chi connectivity index (χ1) is 6.00. The molecule has 0 aliphatic rings. The molecule has 15 heavy (non-hydrogen) atoms. The van der Waals surface area contributed by atoms with Gasteiger partial charge in [-0.1, -0.05) is 0 Å². The van der Waals surface area contributed by atoms with Gasteiger partial charge in [-0.15, -0.1) is 0 Å². The first-order valence-electron chi connectivity index (χ1n) is 1.10. The summed E-state index contributed by atoms with van der Waals surface area (Å²) in [5, 5.41) is 0. The minimum Gasteiger partial charge on any atom is -0.577 e. The average molecular weight is 450 g/mol.